The van der Waals surface area contributed by atoms with Gasteiger partial charge in [0.1, 0.15) is 13.2 Å². The molecule has 0 fully saturated rings. The molecular weight excluding hydrogens is 366 g/mol. The average Bonchev–Trinajstić information content (AvgIpc) is 3.14. The van der Waals surface area contributed by atoms with Gasteiger partial charge in [-0.3, -0.25) is 4.79 Å². The smallest absolute Gasteiger partial charge is 0.225 e. The van der Waals surface area contributed by atoms with Crippen LogP contribution in [0.3, 0.4) is 0 Å². The lowest BCUT2D eigenvalue weighted by atomic mass is 10.1. The van der Waals surface area contributed by atoms with Crippen LogP contribution < -0.4 is 14.8 Å². The molecule has 6 nitrogen and oxygen atoms in total. The fraction of sp³-hybridized carbons (Fsp3) is 0.350. The standard InChI is InChI=1S/C20H21NO5S/c22-20(21-16-5-4-14-2-1-3-15(14)12-16)8-11-27(23,24)17-6-7-18-19(13-17)26-10-9-25-18/h4-7,12-13H,1-3,8-11H2,(H,21,22). The van der Waals surface area contributed by atoms with Crippen LogP contribution in [-0.2, 0) is 27.5 Å². The number of aryl methyl sites for hydroxylation is 2. The van der Waals surface area contributed by atoms with Crippen LogP contribution in [-0.4, -0.2) is 33.3 Å². The second-order valence-corrected chi connectivity index (χ2v) is 8.87. The van der Waals surface area contributed by atoms with Gasteiger partial charge in [0.25, 0.3) is 0 Å². The zero-order valence-corrected chi connectivity index (χ0v) is 15.7. The molecule has 0 radical (unpaired) electrons. The van der Waals surface area contributed by atoms with Crippen LogP contribution in [0.15, 0.2) is 41.3 Å². The van der Waals surface area contributed by atoms with Gasteiger partial charge in [0, 0.05) is 18.2 Å². The summed E-state index contributed by atoms with van der Waals surface area (Å²) in [4.78, 5) is 12.3. The molecule has 0 saturated heterocycles. The van der Waals surface area contributed by atoms with E-state index in [1.807, 2.05) is 18.2 Å². The normalized spacial score (nSPS) is 15.3. The number of hydrogen-bond donors (Lipinski definition) is 1. The van der Waals surface area contributed by atoms with Crippen molar-refractivity contribution in [1.29, 1.82) is 0 Å². The Balaban J connectivity index is 1.39. The van der Waals surface area contributed by atoms with Gasteiger partial charge < -0.3 is 14.8 Å². The number of anilines is 1. The summed E-state index contributed by atoms with van der Waals surface area (Å²) in [6, 6.07) is 10.4. The average molecular weight is 387 g/mol. The third-order valence-electron chi connectivity index (χ3n) is 4.85. The first-order valence-corrected chi connectivity index (χ1v) is 10.7. The molecule has 4 rings (SSSR count). The van der Waals surface area contributed by atoms with E-state index >= 15 is 0 Å². The van der Waals surface area contributed by atoms with E-state index in [-0.39, 0.29) is 23.0 Å². The van der Waals surface area contributed by atoms with Crippen molar-refractivity contribution >= 4 is 21.4 Å². The molecule has 142 valence electrons. The van der Waals surface area contributed by atoms with Gasteiger partial charge in [0.2, 0.25) is 5.91 Å². The van der Waals surface area contributed by atoms with E-state index in [2.05, 4.69) is 5.32 Å². The molecule has 1 N–H and O–H groups in total. The van der Waals surface area contributed by atoms with E-state index in [4.69, 9.17) is 9.47 Å². The summed E-state index contributed by atoms with van der Waals surface area (Å²) in [5.41, 5.74) is 3.31. The Morgan fingerprint density at radius 2 is 1.74 bits per heavy atom. The highest BCUT2D eigenvalue weighted by atomic mass is 32.2. The van der Waals surface area contributed by atoms with Gasteiger partial charge >= 0.3 is 0 Å². The number of rotatable bonds is 5. The Labute approximate surface area is 158 Å². The molecule has 1 heterocycles. The molecule has 2 aromatic carbocycles. The fourth-order valence-corrected chi connectivity index (χ4v) is 4.69. The Hall–Kier alpha value is -2.54. The highest BCUT2D eigenvalue weighted by Crippen LogP contribution is 2.32. The monoisotopic (exact) mass is 387 g/mol. The van der Waals surface area contributed by atoms with Crippen molar-refractivity contribution in [3.05, 3.63) is 47.5 Å². The van der Waals surface area contributed by atoms with Gasteiger partial charge in [-0.15, -0.1) is 0 Å². The summed E-state index contributed by atoms with van der Waals surface area (Å²) < 4.78 is 35.9. The first-order valence-electron chi connectivity index (χ1n) is 9.05. The van der Waals surface area contributed by atoms with Crippen molar-refractivity contribution in [2.75, 3.05) is 24.3 Å². The van der Waals surface area contributed by atoms with Crippen LogP contribution in [0.5, 0.6) is 11.5 Å². The number of benzene rings is 2. The molecule has 1 aliphatic heterocycles. The minimum atomic E-state index is -3.59. The number of sulfone groups is 1. The molecule has 7 heteroatoms. The van der Waals surface area contributed by atoms with E-state index in [0.717, 1.165) is 24.9 Å². The lowest BCUT2D eigenvalue weighted by Crippen LogP contribution is -2.18. The SMILES string of the molecule is O=C(CCS(=O)(=O)c1ccc2c(c1)OCCO2)Nc1ccc2c(c1)CCC2. The van der Waals surface area contributed by atoms with Gasteiger partial charge in [-0.05, 0) is 54.7 Å². The Morgan fingerprint density at radius 1 is 0.963 bits per heavy atom. The summed E-state index contributed by atoms with van der Waals surface area (Å²) in [6.07, 6.45) is 3.14. The molecule has 0 unspecified atom stereocenters. The first kappa shape index (κ1) is 17.9. The van der Waals surface area contributed by atoms with Crippen LogP contribution in [0.2, 0.25) is 0 Å². The topological polar surface area (TPSA) is 81.7 Å². The van der Waals surface area contributed by atoms with Crippen LogP contribution in [0.1, 0.15) is 24.0 Å². The van der Waals surface area contributed by atoms with E-state index in [9.17, 15) is 13.2 Å². The van der Waals surface area contributed by atoms with Crippen molar-refractivity contribution in [3.8, 4) is 11.5 Å². The maximum Gasteiger partial charge on any atom is 0.225 e. The number of nitrogens with one attached hydrogen (secondary N) is 1. The quantitative estimate of drug-likeness (QED) is 0.853. The molecule has 0 saturated carbocycles. The molecule has 2 aliphatic rings. The Morgan fingerprint density at radius 3 is 2.59 bits per heavy atom. The zero-order valence-electron chi connectivity index (χ0n) is 14.9. The number of carbonyl (C=O) groups excluding carboxylic acids is 1. The number of hydrogen-bond acceptors (Lipinski definition) is 5. The van der Waals surface area contributed by atoms with Gasteiger partial charge in [-0.25, -0.2) is 8.42 Å². The molecule has 1 aliphatic carbocycles. The van der Waals surface area contributed by atoms with Gasteiger partial charge in [0.15, 0.2) is 21.3 Å². The van der Waals surface area contributed by atoms with E-state index in [0.29, 0.717) is 24.7 Å². The van der Waals surface area contributed by atoms with Crippen molar-refractivity contribution in [2.24, 2.45) is 0 Å². The van der Waals surface area contributed by atoms with E-state index in [1.54, 1.807) is 6.07 Å². The molecule has 0 bridgehead atoms. The number of carbonyl (C=O) groups is 1. The van der Waals surface area contributed by atoms with E-state index in [1.165, 1.54) is 23.3 Å². The van der Waals surface area contributed by atoms with Gasteiger partial charge in [-0.2, -0.15) is 0 Å². The highest BCUT2D eigenvalue weighted by Gasteiger charge is 2.21. The van der Waals surface area contributed by atoms with Crippen LogP contribution in [0, 0.1) is 0 Å². The molecule has 0 spiro atoms. The summed E-state index contributed by atoms with van der Waals surface area (Å²) in [6.45, 7) is 0.835. The predicted molar refractivity (Wildman–Crippen MR) is 101 cm³/mol. The van der Waals surface area contributed by atoms with Crippen LogP contribution in [0.4, 0.5) is 5.69 Å². The first-order chi connectivity index (χ1) is 13.0. The van der Waals surface area contributed by atoms with Crippen molar-refractivity contribution in [1.82, 2.24) is 0 Å². The molecule has 0 aromatic heterocycles. The minimum Gasteiger partial charge on any atom is -0.486 e. The Bertz CT molecular complexity index is 984. The fourth-order valence-electron chi connectivity index (χ4n) is 3.44. The third-order valence-corrected chi connectivity index (χ3v) is 6.57. The summed E-state index contributed by atoms with van der Waals surface area (Å²) in [7, 11) is -3.59. The Kier molecular flexibility index (Phi) is 4.78. The zero-order chi connectivity index (χ0) is 18.9. The van der Waals surface area contributed by atoms with Crippen LogP contribution in [0.25, 0.3) is 0 Å². The third kappa shape index (κ3) is 3.93. The van der Waals surface area contributed by atoms with Gasteiger partial charge in [-0.1, -0.05) is 6.07 Å². The molecule has 2 aromatic rings. The van der Waals surface area contributed by atoms with Crippen LogP contribution >= 0.6 is 0 Å². The second kappa shape index (κ2) is 7.23. The summed E-state index contributed by atoms with van der Waals surface area (Å²) in [5.74, 6) is 0.386. The van der Waals surface area contributed by atoms with Gasteiger partial charge in [0.05, 0.1) is 10.6 Å². The van der Waals surface area contributed by atoms with Crippen molar-refractivity contribution in [2.45, 2.75) is 30.6 Å². The minimum absolute atomic E-state index is 0.103. The van der Waals surface area contributed by atoms with Crippen molar-refractivity contribution in [3.63, 3.8) is 0 Å². The predicted octanol–water partition coefficient (Wildman–Crippen LogP) is 2.75. The second-order valence-electron chi connectivity index (χ2n) is 6.76. The maximum absolute atomic E-state index is 12.6. The molecule has 0 atom stereocenters. The number of amides is 1. The van der Waals surface area contributed by atoms with Crippen molar-refractivity contribution < 1.29 is 22.7 Å². The summed E-state index contributed by atoms with van der Waals surface area (Å²) in [5, 5.41) is 2.80. The lowest BCUT2D eigenvalue weighted by molar-refractivity contribution is -0.115. The molecule has 1 amide bonds. The maximum atomic E-state index is 12.6. The van der Waals surface area contributed by atoms with E-state index < -0.39 is 9.84 Å². The lowest BCUT2D eigenvalue weighted by Gasteiger charge is -2.18. The number of ether oxygens (including phenoxy) is 2. The summed E-state index contributed by atoms with van der Waals surface area (Å²) >= 11 is 0. The highest BCUT2D eigenvalue weighted by molar-refractivity contribution is 7.91. The molecule has 27 heavy (non-hydrogen) atoms. The number of fused-ring (bicyclic) bond motifs is 2. The largest absolute Gasteiger partial charge is 0.486 e. The molecular formula is C20H21NO5S.